The van der Waals surface area contributed by atoms with E-state index in [9.17, 15) is 0 Å². The molecule has 2 fully saturated rings. The Morgan fingerprint density at radius 3 is 2.80 bits per heavy atom. The monoisotopic (exact) mass is 295 g/mol. The lowest BCUT2D eigenvalue weighted by atomic mass is 9.83. The summed E-state index contributed by atoms with van der Waals surface area (Å²) in [5.41, 5.74) is 6.43. The first-order chi connectivity index (χ1) is 9.67. The number of ether oxygens (including phenoxy) is 2. The first-order valence-corrected chi connectivity index (χ1v) is 7.90. The van der Waals surface area contributed by atoms with E-state index in [0.717, 1.165) is 12.2 Å². The van der Waals surface area contributed by atoms with E-state index in [0.29, 0.717) is 17.3 Å². The van der Waals surface area contributed by atoms with Crippen molar-refractivity contribution in [2.75, 3.05) is 12.3 Å². The molecular formula is C16H22ClNO2. The van der Waals surface area contributed by atoms with Crippen molar-refractivity contribution in [3.8, 4) is 5.75 Å². The van der Waals surface area contributed by atoms with Crippen LogP contribution in [-0.2, 0) is 4.74 Å². The Bertz CT molecular complexity index is 472. The van der Waals surface area contributed by atoms with E-state index in [-0.39, 0.29) is 11.7 Å². The van der Waals surface area contributed by atoms with E-state index in [1.54, 1.807) is 12.1 Å². The van der Waals surface area contributed by atoms with Crippen LogP contribution in [-0.4, -0.2) is 18.3 Å². The van der Waals surface area contributed by atoms with Crippen molar-refractivity contribution in [2.45, 2.75) is 56.7 Å². The average molecular weight is 296 g/mol. The molecule has 0 bridgehead atoms. The van der Waals surface area contributed by atoms with Crippen LogP contribution >= 0.6 is 11.6 Å². The molecule has 2 N–H and O–H groups in total. The van der Waals surface area contributed by atoms with Crippen molar-refractivity contribution in [2.24, 2.45) is 0 Å². The fourth-order valence-corrected chi connectivity index (χ4v) is 3.53. The predicted octanol–water partition coefficient (Wildman–Crippen LogP) is 4.18. The van der Waals surface area contributed by atoms with Crippen molar-refractivity contribution in [1.29, 1.82) is 0 Å². The summed E-state index contributed by atoms with van der Waals surface area (Å²) in [4.78, 5) is 0. The summed E-state index contributed by atoms with van der Waals surface area (Å²) in [7, 11) is 0. The fourth-order valence-electron chi connectivity index (χ4n) is 3.36. The molecule has 110 valence electrons. The molecule has 2 aliphatic rings. The number of nitrogen functional groups attached to an aromatic ring is 1. The Hall–Kier alpha value is -0.930. The Morgan fingerprint density at radius 1 is 1.25 bits per heavy atom. The molecule has 1 aromatic rings. The largest absolute Gasteiger partial charge is 0.491 e. The summed E-state index contributed by atoms with van der Waals surface area (Å²) in [6, 6.07) is 5.39. The number of nitrogens with two attached hydrogens (primary N) is 1. The molecule has 1 aromatic carbocycles. The highest BCUT2D eigenvalue weighted by atomic mass is 35.5. The molecule has 1 aliphatic heterocycles. The maximum Gasteiger partial charge on any atom is 0.121 e. The molecule has 1 unspecified atom stereocenters. The molecule has 1 atom stereocenters. The third-order valence-corrected chi connectivity index (χ3v) is 4.84. The van der Waals surface area contributed by atoms with Crippen LogP contribution in [0.1, 0.15) is 44.9 Å². The molecule has 1 heterocycles. The van der Waals surface area contributed by atoms with Crippen LogP contribution in [0, 0.1) is 0 Å². The van der Waals surface area contributed by atoms with Crippen molar-refractivity contribution >= 4 is 17.3 Å². The quantitative estimate of drug-likeness (QED) is 0.851. The van der Waals surface area contributed by atoms with E-state index in [1.165, 1.54) is 38.5 Å². The molecule has 3 nitrogen and oxygen atoms in total. The highest BCUT2D eigenvalue weighted by Gasteiger charge is 2.40. The second-order valence-corrected chi connectivity index (χ2v) is 6.42. The maximum absolute atomic E-state index is 6.28. The minimum absolute atomic E-state index is 0.158. The van der Waals surface area contributed by atoms with Crippen LogP contribution in [0.2, 0.25) is 5.02 Å². The van der Waals surface area contributed by atoms with Crippen LogP contribution in [0.25, 0.3) is 0 Å². The van der Waals surface area contributed by atoms with Gasteiger partial charge in [0.25, 0.3) is 0 Å². The highest BCUT2D eigenvalue weighted by molar-refractivity contribution is 6.33. The molecular weight excluding hydrogens is 274 g/mol. The van der Waals surface area contributed by atoms with Gasteiger partial charge in [0.2, 0.25) is 0 Å². The zero-order valence-electron chi connectivity index (χ0n) is 11.7. The number of rotatable bonds is 3. The van der Waals surface area contributed by atoms with E-state index in [4.69, 9.17) is 26.8 Å². The zero-order chi connectivity index (χ0) is 14.0. The van der Waals surface area contributed by atoms with Gasteiger partial charge in [-0.25, -0.2) is 0 Å². The average Bonchev–Trinajstić information content (AvgIpc) is 2.84. The van der Waals surface area contributed by atoms with Gasteiger partial charge in [-0.05, 0) is 37.8 Å². The normalized spacial score (nSPS) is 24.9. The minimum atomic E-state index is 0.158. The summed E-state index contributed by atoms with van der Waals surface area (Å²) >= 11 is 5.99. The highest BCUT2D eigenvalue weighted by Crippen LogP contribution is 2.42. The summed E-state index contributed by atoms with van der Waals surface area (Å²) < 4.78 is 12.1. The van der Waals surface area contributed by atoms with Crippen molar-refractivity contribution in [1.82, 2.24) is 0 Å². The maximum atomic E-state index is 6.28. The van der Waals surface area contributed by atoms with Crippen molar-refractivity contribution < 1.29 is 9.47 Å². The van der Waals surface area contributed by atoms with Crippen LogP contribution in [0.5, 0.6) is 5.75 Å². The Kier molecular flexibility index (Phi) is 4.08. The molecule has 1 spiro atoms. The lowest BCUT2D eigenvalue weighted by Crippen LogP contribution is -2.32. The van der Waals surface area contributed by atoms with Gasteiger partial charge in [0.1, 0.15) is 12.4 Å². The van der Waals surface area contributed by atoms with Crippen molar-refractivity contribution in [3.63, 3.8) is 0 Å². The first-order valence-electron chi connectivity index (χ1n) is 7.53. The molecule has 0 amide bonds. The lowest BCUT2D eigenvalue weighted by Gasteiger charge is -2.33. The number of anilines is 1. The molecule has 20 heavy (non-hydrogen) atoms. The Labute approximate surface area is 125 Å². The summed E-state index contributed by atoms with van der Waals surface area (Å²) in [5, 5.41) is 0.540. The van der Waals surface area contributed by atoms with Gasteiger partial charge in [-0.3, -0.25) is 0 Å². The number of halogens is 1. The number of hydrogen-bond donors (Lipinski definition) is 1. The molecule has 1 saturated heterocycles. The standard InChI is InChI=1S/C16H22ClNO2/c17-14-10-12(4-5-15(14)18)19-11-13-6-9-16(20-13)7-2-1-3-8-16/h4-5,10,13H,1-3,6-9,11,18H2. The summed E-state index contributed by atoms with van der Waals surface area (Å²) in [6.45, 7) is 0.599. The van der Waals surface area contributed by atoms with Crippen LogP contribution < -0.4 is 10.5 Å². The SMILES string of the molecule is Nc1ccc(OCC2CCC3(CCCCC3)O2)cc1Cl. The summed E-state index contributed by atoms with van der Waals surface area (Å²) in [6.07, 6.45) is 8.91. The number of benzene rings is 1. The Morgan fingerprint density at radius 2 is 2.05 bits per heavy atom. The van der Waals surface area contributed by atoms with Gasteiger partial charge in [0.15, 0.2) is 0 Å². The lowest BCUT2D eigenvalue weighted by molar-refractivity contribution is -0.0748. The third kappa shape index (κ3) is 3.04. The Balaban J connectivity index is 1.53. The summed E-state index contributed by atoms with van der Waals surface area (Å²) in [5.74, 6) is 0.761. The van der Waals surface area contributed by atoms with Gasteiger partial charge >= 0.3 is 0 Å². The van der Waals surface area contributed by atoms with Gasteiger partial charge in [-0.15, -0.1) is 0 Å². The second-order valence-electron chi connectivity index (χ2n) is 6.02. The topological polar surface area (TPSA) is 44.5 Å². The van der Waals surface area contributed by atoms with E-state index < -0.39 is 0 Å². The second kappa shape index (κ2) is 5.82. The number of hydrogen-bond acceptors (Lipinski definition) is 3. The van der Waals surface area contributed by atoms with Crippen LogP contribution in [0.4, 0.5) is 5.69 Å². The molecule has 0 radical (unpaired) electrons. The van der Waals surface area contributed by atoms with E-state index in [1.807, 2.05) is 6.07 Å². The smallest absolute Gasteiger partial charge is 0.121 e. The first kappa shape index (κ1) is 14.0. The van der Waals surface area contributed by atoms with Gasteiger partial charge in [-0.2, -0.15) is 0 Å². The molecule has 1 saturated carbocycles. The van der Waals surface area contributed by atoms with E-state index >= 15 is 0 Å². The van der Waals surface area contributed by atoms with Gasteiger partial charge in [0, 0.05) is 6.07 Å². The predicted molar refractivity (Wildman–Crippen MR) is 81.3 cm³/mol. The third-order valence-electron chi connectivity index (χ3n) is 4.51. The molecule has 3 rings (SSSR count). The van der Waals surface area contributed by atoms with Crippen LogP contribution in [0.15, 0.2) is 18.2 Å². The van der Waals surface area contributed by atoms with E-state index in [2.05, 4.69) is 0 Å². The fraction of sp³-hybridized carbons (Fsp3) is 0.625. The minimum Gasteiger partial charge on any atom is -0.491 e. The molecule has 4 heteroatoms. The van der Waals surface area contributed by atoms with Crippen molar-refractivity contribution in [3.05, 3.63) is 23.2 Å². The zero-order valence-corrected chi connectivity index (χ0v) is 12.5. The molecule has 0 aromatic heterocycles. The van der Waals surface area contributed by atoms with Gasteiger partial charge in [0.05, 0.1) is 22.4 Å². The van der Waals surface area contributed by atoms with Gasteiger partial charge < -0.3 is 15.2 Å². The van der Waals surface area contributed by atoms with Crippen LogP contribution in [0.3, 0.4) is 0 Å². The van der Waals surface area contributed by atoms with Gasteiger partial charge in [-0.1, -0.05) is 30.9 Å². The molecule has 1 aliphatic carbocycles.